The van der Waals surface area contributed by atoms with Crippen LogP contribution in [0.1, 0.15) is 5.56 Å². The van der Waals surface area contributed by atoms with E-state index < -0.39 is 0 Å². The third-order valence-corrected chi connectivity index (χ3v) is 12.4. The number of hydrogen-bond donors (Lipinski definition) is 0. The molecule has 0 bridgehead atoms. The normalized spacial score (nSPS) is 12.4. The molecule has 0 saturated carbocycles. The molecule has 2 aliphatic rings. The molecule has 0 N–H and O–H groups in total. The van der Waals surface area contributed by atoms with E-state index in [-0.39, 0.29) is 6.71 Å². The molecule has 0 unspecified atom stereocenters. The van der Waals surface area contributed by atoms with Crippen LogP contribution in [0.4, 0.5) is 34.1 Å². The lowest BCUT2D eigenvalue weighted by Crippen LogP contribution is -2.61. The fraction of sp³-hybridized carbons (Fsp3) is 0.0182. The molecule has 0 radical (unpaired) electrons. The summed E-state index contributed by atoms with van der Waals surface area (Å²) in [6.45, 7) is 2.32. The molecule has 1 aromatic heterocycles. The number of rotatable bonds is 6. The molecule has 0 spiro atoms. The second-order valence-corrected chi connectivity index (χ2v) is 15.8. The molecule has 0 fully saturated rings. The number of aryl methyl sites for hydroxylation is 1. The Balaban J connectivity index is 1.19. The van der Waals surface area contributed by atoms with Gasteiger partial charge in [-0.2, -0.15) is 0 Å². The van der Waals surface area contributed by atoms with Gasteiger partial charge in [0.25, 0.3) is 6.71 Å². The van der Waals surface area contributed by atoms with Crippen LogP contribution in [0.5, 0.6) is 0 Å². The highest BCUT2D eigenvalue weighted by atomic mass is 15.2. The van der Waals surface area contributed by atoms with Gasteiger partial charge in [-0.1, -0.05) is 139 Å². The van der Waals surface area contributed by atoms with Gasteiger partial charge in [-0.15, -0.1) is 0 Å². The van der Waals surface area contributed by atoms with E-state index in [0.29, 0.717) is 0 Å². The molecular weight excluding hydrogens is 713 g/mol. The predicted octanol–water partition coefficient (Wildman–Crippen LogP) is 12.5. The van der Waals surface area contributed by atoms with Crippen molar-refractivity contribution in [2.45, 2.75) is 6.92 Å². The minimum absolute atomic E-state index is 0.00341. The lowest BCUT2D eigenvalue weighted by molar-refractivity contribution is 1.17. The monoisotopic (exact) mass is 751 g/mol. The summed E-state index contributed by atoms with van der Waals surface area (Å²) in [5.41, 5.74) is 20.9. The third-order valence-electron chi connectivity index (χ3n) is 12.4. The van der Waals surface area contributed by atoms with Gasteiger partial charge in [0.2, 0.25) is 0 Å². The van der Waals surface area contributed by atoms with Crippen LogP contribution in [-0.2, 0) is 0 Å². The van der Waals surface area contributed by atoms with Crippen molar-refractivity contribution in [3.8, 4) is 27.9 Å². The van der Waals surface area contributed by atoms with Crippen molar-refractivity contribution < 1.29 is 0 Å². The maximum Gasteiger partial charge on any atom is 0.252 e. The zero-order valence-electron chi connectivity index (χ0n) is 32.6. The zero-order valence-corrected chi connectivity index (χ0v) is 32.6. The summed E-state index contributed by atoms with van der Waals surface area (Å²) in [7, 11) is 0. The Morgan fingerprint density at radius 3 is 1.64 bits per heavy atom. The maximum absolute atomic E-state index is 2.56. The van der Waals surface area contributed by atoms with Crippen LogP contribution < -0.4 is 26.2 Å². The lowest BCUT2D eigenvalue weighted by atomic mass is 9.33. The van der Waals surface area contributed by atoms with Gasteiger partial charge in [-0.05, 0) is 124 Å². The Bertz CT molecular complexity index is 3180. The van der Waals surface area contributed by atoms with Gasteiger partial charge in [0.05, 0.1) is 5.52 Å². The van der Waals surface area contributed by atoms with Crippen molar-refractivity contribution in [1.82, 2.24) is 4.57 Å². The molecule has 59 heavy (non-hydrogen) atoms. The first-order valence-electron chi connectivity index (χ1n) is 20.5. The van der Waals surface area contributed by atoms with Gasteiger partial charge in [0, 0.05) is 56.1 Å². The number of para-hydroxylation sites is 3. The molecule has 3 heterocycles. The Kier molecular flexibility index (Phi) is 7.54. The predicted molar refractivity (Wildman–Crippen MR) is 250 cm³/mol. The fourth-order valence-corrected chi connectivity index (χ4v) is 9.98. The number of nitrogens with zero attached hydrogens (tertiary/aromatic N) is 3. The molecule has 3 nitrogen and oxygen atoms in total. The Morgan fingerprint density at radius 1 is 0.407 bits per heavy atom. The van der Waals surface area contributed by atoms with Crippen molar-refractivity contribution in [2.24, 2.45) is 0 Å². The smallest absolute Gasteiger partial charge is 0.252 e. The van der Waals surface area contributed by atoms with Crippen LogP contribution in [0.15, 0.2) is 212 Å². The summed E-state index contributed by atoms with van der Waals surface area (Å²) in [4.78, 5) is 4.90. The van der Waals surface area contributed by atoms with Gasteiger partial charge in [-0.25, -0.2) is 0 Å². The fourth-order valence-electron chi connectivity index (χ4n) is 9.98. The minimum atomic E-state index is 0.00341. The minimum Gasteiger partial charge on any atom is -0.311 e. The summed E-state index contributed by atoms with van der Waals surface area (Å²) in [5.74, 6) is 0. The molecule has 12 rings (SSSR count). The molecule has 0 amide bonds. The van der Waals surface area contributed by atoms with Crippen molar-refractivity contribution in [2.75, 3.05) is 9.80 Å². The van der Waals surface area contributed by atoms with E-state index in [1.165, 1.54) is 83.1 Å². The van der Waals surface area contributed by atoms with E-state index >= 15 is 0 Å². The van der Waals surface area contributed by atoms with E-state index in [1.807, 2.05) is 0 Å². The molecule has 10 aromatic rings. The standard InChI is InChI=1S/C55H38BN3/c1-37-32-45(57(42-22-11-4-12-23-42)43-24-13-5-14-25-43)36-52-53(37)56-48-35-41(39-20-9-3-10-21-39)34-47-46-33-40(38-18-7-2-8-19-38)30-31-49(46)59(55(47)48)51-29-17-28-50(54(51)56)58(52)44-26-15-6-16-27-44/h2-36H,1H3. The SMILES string of the molecule is Cc1cc(N(c2ccccc2)c2ccccc2)cc2c1B1c3c(cccc3-n3c4ccc(-c5ccccc5)cc4c4cc(-c5ccccc5)cc1c43)N2c1ccccc1. The van der Waals surface area contributed by atoms with Crippen LogP contribution in [0, 0.1) is 6.92 Å². The maximum atomic E-state index is 2.56. The molecular formula is C55H38BN3. The highest BCUT2D eigenvalue weighted by Gasteiger charge is 2.43. The van der Waals surface area contributed by atoms with Crippen LogP contribution in [0.25, 0.3) is 49.7 Å². The number of aromatic nitrogens is 1. The van der Waals surface area contributed by atoms with Crippen LogP contribution in [0.3, 0.4) is 0 Å². The molecule has 0 atom stereocenters. The molecule has 9 aromatic carbocycles. The summed E-state index contributed by atoms with van der Waals surface area (Å²) < 4.78 is 2.56. The van der Waals surface area contributed by atoms with Gasteiger partial charge >= 0.3 is 0 Å². The summed E-state index contributed by atoms with van der Waals surface area (Å²) in [5, 5.41) is 2.55. The summed E-state index contributed by atoms with van der Waals surface area (Å²) >= 11 is 0. The van der Waals surface area contributed by atoms with E-state index in [2.05, 4.69) is 234 Å². The second-order valence-electron chi connectivity index (χ2n) is 15.8. The molecule has 2 aliphatic heterocycles. The van der Waals surface area contributed by atoms with Gasteiger partial charge in [0.15, 0.2) is 0 Å². The average Bonchev–Trinajstić information content (AvgIpc) is 3.63. The topological polar surface area (TPSA) is 11.4 Å². The van der Waals surface area contributed by atoms with Gasteiger partial charge in [-0.3, -0.25) is 0 Å². The average molecular weight is 752 g/mol. The number of anilines is 6. The lowest BCUT2D eigenvalue weighted by Gasteiger charge is -2.41. The molecule has 4 heteroatoms. The van der Waals surface area contributed by atoms with Crippen molar-refractivity contribution in [3.63, 3.8) is 0 Å². The Labute approximate surface area is 344 Å². The summed E-state index contributed by atoms with van der Waals surface area (Å²) in [6, 6.07) is 77.8. The van der Waals surface area contributed by atoms with Gasteiger partial charge in [0.1, 0.15) is 0 Å². The first-order chi connectivity index (χ1) is 29.2. The first-order valence-corrected chi connectivity index (χ1v) is 20.5. The number of hydrogen-bond acceptors (Lipinski definition) is 2. The van der Waals surface area contributed by atoms with Crippen molar-refractivity contribution in [1.29, 1.82) is 0 Å². The largest absolute Gasteiger partial charge is 0.311 e. The summed E-state index contributed by atoms with van der Waals surface area (Å²) in [6.07, 6.45) is 0. The first kappa shape index (κ1) is 33.6. The molecule has 0 saturated heterocycles. The van der Waals surface area contributed by atoms with E-state index in [1.54, 1.807) is 0 Å². The van der Waals surface area contributed by atoms with Gasteiger partial charge < -0.3 is 14.4 Å². The van der Waals surface area contributed by atoms with Crippen LogP contribution >= 0.6 is 0 Å². The molecule has 0 aliphatic carbocycles. The number of benzene rings is 9. The van der Waals surface area contributed by atoms with E-state index in [4.69, 9.17) is 0 Å². The Morgan fingerprint density at radius 2 is 0.983 bits per heavy atom. The van der Waals surface area contributed by atoms with Crippen molar-refractivity contribution in [3.05, 3.63) is 218 Å². The number of fused-ring (bicyclic) bond motifs is 7. The van der Waals surface area contributed by atoms with Crippen LogP contribution in [-0.4, -0.2) is 11.3 Å². The highest BCUT2D eigenvalue weighted by molar-refractivity contribution is 7.00. The quantitative estimate of drug-likeness (QED) is 0.157. The van der Waals surface area contributed by atoms with Crippen LogP contribution in [0.2, 0.25) is 0 Å². The van der Waals surface area contributed by atoms with Crippen molar-refractivity contribution >= 4 is 79.0 Å². The Hall–Kier alpha value is -7.56. The molecule has 276 valence electrons. The third kappa shape index (κ3) is 5.16. The van der Waals surface area contributed by atoms with E-state index in [0.717, 1.165) is 22.7 Å². The zero-order chi connectivity index (χ0) is 39.0. The second kappa shape index (κ2) is 13.3. The highest BCUT2D eigenvalue weighted by Crippen LogP contribution is 2.45. The van der Waals surface area contributed by atoms with E-state index in [9.17, 15) is 0 Å².